The third-order valence-electron chi connectivity index (χ3n) is 4.17. The predicted molar refractivity (Wildman–Crippen MR) is 94.5 cm³/mol. The van der Waals surface area contributed by atoms with Gasteiger partial charge in [-0.25, -0.2) is 0 Å². The third kappa shape index (κ3) is 3.74. The molecule has 130 valence electrons. The van der Waals surface area contributed by atoms with Gasteiger partial charge in [-0.15, -0.1) is 10.2 Å². The van der Waals surface area contributed by atoms with Crippen molar-refractivity contribution in [3.05, 3.63) is 47.9 Å². The summed E-state index contributed by atoms with van der Waals surface area (Å²) in [6.45, 7) is 4.90. The maximum absolute atomic E-state index is 5.20. The van der Waals surface area contributed by atoms with Crippen LogP contribution in [0.15, 0.2) is 40.0 Å². The van der Waals surface area contributed by atoms with E-state index in [-0.39, 0.29) is 0 Å². The zero-order valence-electron chi connectivity index (χ0n) is 14.1. The van der Waals surface area contributed by atoms with E-state index < -0.39 is 0 Å². The van der Waals surface area contributed by atoms with Crippen LogP contribution in [0, 0.1) is 6.92 Å². The largest absolute Gasteiger partial charge is 0.338 e. The van der Waals surface area contributed by atoms with E-state index in [2.05, 4.69) is 41.9 Å². The van der Waals surface area contributed by atoms with Gasteiger partial charge in [0.05, 0.1) is 12.3 Å². The molecule has 1 aliphatic rings. The van der Waals surface area contributed by atoms with Gasteiger partial charge in [0.25, 0.3) is 0 Å². The highest BCUT2D eigenvalue weighted by Gasteiger charge is 2.20. The van der Waals surface area contributed by atoms with Crippen LogP contribution in [0.2, 0.25) is 0 Å². The Balaban J connectivity index is 1.60. The number of benzene rings is 1. The van der Waals surface area contributed by atoms with Crippen LogP contribution >= 0.6 is 11.8 Å². The molecule has 3 heterocycles. The molecule has 1 fully saturated rings. The van der Waals surface area contributed by atoms with Crippen LogP contribution in [0.1, 0.15) is 30.4 Å². The zero-order valence-corrected chi connectivity index (χ0v) is 14.9. The van der Waals surface area contributed by atoms with Crippen LogP contribution in [-0.4, -0.2) is 42.9 Å². The highest BCUT2D eigenvalue weighted by Crippen LogP contribution is 2.26. The van der Waals surface area contributed by atoms with E-state index in [4.69, 9.17) is 4.52 Å². The van der Waals surface area contributed by atoms with Gasteiger partial charge in [-0.05, 0) is 45.0 Å². The molecule has 8 heteroatoms. The number of aryl methyl sites for hydroxylation is 1. The predicted octanol–water partition coefficient (Wildman–Crippen LogP) is 2.85. The van der Waals surface area contributed by atoms with E-state index in [1.54, 1.807) is 11.8 Å². The summed E-state index contributed by atoms with van der Waals surface area (Å²) in [6, 6.07) is 10.2. The van der Waals surface area contributed by atoms with E-state index in [1.807, 2.05) is 25.1 Å². The minimum Gasteiger partial charge on any atom is -0.338 e. The van der Waals surface area contributed by atoms with Crippen molar-refractivity contribution < 1.29 is 4.52 Å². The van der Waals surface area contributed by atoms with Gasteiger partial charge in [0, 0.05) is 5.69 Å². The lowest BCUT2D eigenvalue weighted by Crippen LogP contribution is -2.21. The highest BCUT2D eigenvalue weighted by atomic mass is 32.2. The fourth-order valence-electron chi connectivity index (χ4n) is 3.00. The Labute approximate surface area is 150 Å². The Hall–Kier alpha value is -2.19. The molecule has 25 heavy (non-hydrogen) atoms. The topological polar surface area (TPSA) is 72.9 Å². The second-order valence-electron chi connectivity index (χ2n) is 6.08. The maximum atomic E-state index is 5.20. The van der Waals surface area contributed by atoms with E-state index in [1.165, 1.54) is 12.8 Å². The molecule has 4 rings (SSSR count). The Morgan fingerprint density at radius 2 is 1.92 bits per heavy atom. The number of nitrogens with zero attached hydrogens (tertiary/aromatic N) is 6. The minimum atomic E-state index is 0.579. The van der Waals surface area contributed by atoms with E-state index in [0.29, 0.717) is 17.5 Å². The average Bonchev–Trinajstić information content (AvgIpc) is 3.36. The molecular weight excluding hydrogens is 336 g/mol. The number of hydrogen-bond donors (Lipinski definition) is 0. The number of hydrogen-bond acceptors (Lipinski definition) is 7. The lowest BCUT2D eigenvalue weighted by molar-refractivity contribution is 0.319. The van der Waals surface area contributed by atoms with Crippen molar-refractivity contribution in [3.63, 3.8) is 0 Å². The Kier molecular flexibility index (Phi) is 4.80. The second kappa shape index (κ2) is 7.37. The summed E-state index contributed by atoms with van der Waals surface area (Å²) >= 11 is 1.56. The summed E-state index contributed by atoms with van der Waals surface area (Å²) in [5, 5.41) is 13.6. The Bertz CT molecular complexity index is 825. The van der Waals surface area contributed by atoms with Crippen molar-refractivity contribution in [1.82, 2.24) is 29.8 Å². The molecular formula is C17H20N6OS. The van der Waals surface area contributed by atoms with Crippen molar-refractivity contribution in [2.24, 2.45) is 0 Å². The summed E-state index contributed by atoms with van der Waals surface area (Å²) in [7, 11) is 0. The van der Waals surface area contributed by atoms with E-state index in [9.17, 15) is 0 Å². The first kappa shape index (κ1) is 16.3. The van der Waals surface area contributed by atoms with Gasteiger partial charge >= 0.3 is 0 Å². The van der Waals surface area contributed by atoms with Crippen LogP contribution in [0.5, 0.6) is 0 Å². The molecule has 0 unspecified atom stereocenters. The van der Waals surface area contributed by atoms with Crippen LogP contribution in [0.4, 0.5) is 0 Å². The highest BCUT2D eigenvalue weighted by molar-refractivity contribution is 7.98. The molecule has 0 atom stereocenters. The van der Waals surface area contributed by atoms with Crippen molar-refractivity contribution in [1.29, 1.82) is 0 Å². The number of aromatic nitrogens is 5. The first-order valence-electron chi connectivity index (χ1n) is 8.43. The molecule has 0 spiro atoms. The molecule has 1 aliphatic heterocycles. The van der Waals surface area contributed by atoms with Crippen molar-refractivity contribution >= 4 is 11.8 Å². The standard InChI is InChI=1S/C17H20N6OS/c1-13-18-16(24-21-13)12-25-17-20-19-15(11-22-9-5-6-10-22)23(17)14-7-3-2-4-8-14/h2-4,7-8H,5-6,9-12H2,1H3. The molecule has 0 amide bonds. The molecule has 0 aliphatic carbocycles. The maximum Gasteiger partial charge on any atom is 0.237 e. The van der Waals surface area contributed by atoms with Crippen LogP contribution in [0.25, 0.3) is 5.69 Å². The molecule has 2 aromatic heterocycles. The van der Waals surface area contributed by atoms with Crippen molar-refractivity contribution in [2.75, 3.05) is 13.1 Å². The summed E-state index contributed by atoms with van der Waals surface area (Å²) in [4.78, 5) is 6.68. The fourth-order valence-corrected chi connectivity index (χ4v) is 3.81. The SMILES string of the molecule is Cc1noc(CSc2nnc(CN3CCCC3)n2-c2ccccc2)n1. The quantitative estimate of drug-likeness (QED) is 0.629. The molecule has 1 aromatic carbocycles. The molecule has 0 radical (unpaired) electrons. The fraction of sp³-hybridized carbons (Fsp3) is 0.412. The van der Waals surface area contributed by atoms with E-state index >= 15 is 0 Å². The van der Waals surface area contributed by atoms with Gasteiger partial charge in [0.2, 0.25) is 5.89 Å². The Morgan fingerprint density at radius 1 is 1.12 bits per heavy atom. The van der Waals surface area contributed by atoms with Crippen LogP contribution in [0.3, 0.4) is 0 Å². The first-order chi connectivity index (χ1) is 12.3. The van der Waals surface area contributed by atoms with Gasteiger partial charge in [0.1, 0.15) is 0 Å². The Morgan fingerprint density at radius 3 is 2.64 bits per heavy atom. The monoisotopic (exact) mass is 356 g/mol. The van der Waals surface area contributed by atoms with E-state index in [0.717, 1.165) is 36.3 Å². The summed E-state index contributed by atoms with van der Waals surface area (Å²) in [5.74, 6) is 2.80. The van der Waals surface area contributed by atoms with Crippen molar-refractivity contribution in [2.45, 2.75) is 37.2 Å². The average molecular weight is 356 g/mol. The summed E-state index contributed by atoms with van der Waals surface area (Å²) in [6.07, 6.45) is 2.52. The van der Waals surface area contributed by atoms with Gasteiger partial charge in [0.15, 0.2) is 16.8 Å². The number of para-hydroxylation sites is 1. The zero-order chi connectivity index (χ0) is 17.1. The molecule has 0 N–H and O–H groups in total. The van der Waals surface area contributed by atoms with Gasteiger partial charge in [-0.1, -0.05) is 35.1 Å². The number of thioether (sulfide) groups is 1. The van der Waals surface area contributed by atoms with Crippen LogP contribution < -0.4 is 0 Å². The normalized spacial score (nSPS) is 15.1. The number of likely N-dealkylation sites (tertiary alicyclic amines) is 1. The molecule has 3 aromatic rings. The van der Waals surface area contributed by atoms with Gasteiger partial charge in [-0.2, -0.15) is 4.98 Å². The van der Waals surface area contributed by atoms with Gasteiger partial charge < -0.3 is 4.52 Å². The summed E-state index contributed by atoms with van der Waals surface area (Å²) < 4.78 is 7.33. The van der Waals surface area contributed by atoms with Crippen LogP contribution in [-0.2, 0) is 12.3 Å². The lowest BCUT2D eigenvalue weighted by Gasteiger charge is -2.15. The minimum absolute atomic E-state index is 0.579. The van der Waals surface area contributed by atoms with Gasteiger partial charge in [-0.3, -0.25) is 9.47 Å². The first-order valence-corrected chi connectivity index (χ1v) is 9.42. The molecule has 1 saturated heterocycles. The smallest absolute Gasteiger partial charge is 0.237 e. The number of rotatable bonds is 6. The summed E-state index contributed by atoms with van der Waals surface area (Å²) in [5.41, 5.74) is 1.07. The molecule has 0 saturated carbocycles. The molecule has 0 bridgehead atoms. The van der Waals surface area contributed by atoms with Crippen molar-refractivity contribution in [3.8, 4) is 5.69 Å². The second-order valence-corrected chi connectivity index (χ2v) is 7.02. The third-order valence-corrected chi connectivity index (χ3v) is 5.09. The lowest BCUT2D eigenvalue weighted by atomic mass is 10.3. The molecule has 7 nitrogen and oxygen atoms in total.